The van der Waals surface area contributed by atoms with E-state index >= 15 is 0 Å². The highest BCUT2D eigenvalue weighted by Crippen LogP contribution is 2.24. The van der Waals surface area contributed by atoms with Crippen LogP contribution in [0.2, 0.25) is 0 Å². The molecule has 138 valence electrons. The predicted molar refractivity (Wildman–Crippen MR) is 104 cm³/mol. The maximum Gasteiger partial charge on any atom is 0.269 e. The molecular formula is C21H27N3O2. The Bertz CT molecular complexity index is 718. The molecule has 1 aliphatic rings. The molecule has 1 aliphatic heterocycles. The number of nitrogens with zero attached hydrogens (tertiary/aromatic N) is 3. The Morgan fingerprint density at radius 1 is 1.12 bits per heavy atom. The van der Waals surface area contributed by atoms with Crippen molar-refractivity contribution < 1.29 is 4.92 Å². The van der Waals surface area contributed by atoms with Crippen LogP contribution in [0.4, 0.5) is 5.69 Å². The zero-order valence-corrected chi connectivity index (χ0v) is 15.5. The average molecular weight is 353 g/mol. The standard InChI is InChI=1S/C21H27N3O2/c1-17-14-23(16-18-6-4-3-5-7-18)13-12-21(17)22(2)15-19-8-10-20(11-9-19)24(25)26/h3-11,17,21H,12-16H2,1-2H3/t17-,21-/m1/s1. The van der Waals surface area contributed by atoms with Crippen LogP contribution >= 0.6 is 0 Å². The van der Waals surface area contributed by atoms with Crippen molar-refractivity contribution in [3.8, 4) is 0 Å². The molecule has 0 saturated carbocycles. The van der Waals surface area contributed by atoms with Gasteiger partial charge in [-0.15, -0.1) is 0 Å². The van der Waals surface area contributed by atoms with E-state index < -0.39 is 0 Å². The summed E-state index contributed by atoms with van der Waals surface area (Å²) in [6.45, 7) is 6.38. The lowest BCUT2D eigenvalue weighted by Crippen LogP contribution is -2.48. The third-order valence-corrected chi connectivity index (χ3v) is 5.34. The minimum absolute atomic E-state index is 0.152. The van der Waals surface area contributed by atoms with Crippen LogP contribution < -0.4 is 0 Å². The topological polar surface area (TPSA) is 49.6 Å². The number of nitro groups is 1. The summed E-state index contributed by atoms with van der Waals surface area (Å²) >= 11 is 0. The normalized spacial score (nSPS) is 21.0. The van der Waals surface area contributed by atoms with E-state index in [0.717, 1.165) is 38.2 Å². The number of benzene rings is 2. The van der Waals surface area contributed by atoms with Crippen LogP contribution in [-0.2, 0) is 13.1 Å². The Labute approximate surface area is 155 Å². The Balaban J connectivity index is 1.54. The van der Waals surface area contributed by atoms with Crippen LogP contribution in [-0.4, -0.2) is 40.9 Å². The molecule has 1 fully saturated rings. The highest BCUT2D eigenvalue weighted by Gasteiger charge is 2.28. The van der Waals surface area contributed by atoms with E-state index in [1.165, 1.54) is 5.56 Å². The lowest BCUT2D eigenvalue weighted by molar-refractivity contribution is -0.384. The molecule has 2 aromatic rings. The van der Waals surface area contributed by atoms with Crippen LogP contribution in [0.5, 0.6) is 0 Å². The van der Waals surface area contributed by atoms with Gasteiger partial charge in [0, 0.05) is 37.8 Å². The number of nitro benzene ring substituents is 1. The van der Waals surface area contributed by atoms with Crippen molar-refractivity contribution in [3.05, 3.63) is 75.8 Å². The first-order valence-corrected chi connectivity index (χ1v) is 9.23. The molecule has 26 heavy (non-hydrogen) atoms. The van der Waals surface area contributed by atoms with Gasteiger partial charge in [0.15, 0.2) is 0 Å². The van der Waals surface area contributed by atoms with E-state index in [-0.39, 0.29) is 10.6 Å². The summed E-state index contributed by atoms with van der Waals surface area (Å²) in [4.78, 5) is 15.4. The average Bonchev–Trinajstić information content (AvgIpc) is 2.63. The smallest absolute Gasteiger partial charge is 0.269 e. The second-order valence-corrected chi connectivity index (χ2v) is 7.39. The van der Waals surface area contributed by atoms with E-state index in [0.29, 0.717) is 12.0 Å². The summed E-state index contributed by atoms with van der Waals surface area (Å²) in [5, 5.41) is 10.8. The molecule has 1 heterocycles. The highest BCUT2D eigenvalue weighted by molar-refractivity contribution is 5.32. The lowest BCUT2D eigenvalue weighted by Gasteiger charge is -2.41. The molecule has 0 spiro atoms. The second-order valence-electron chi connectivity index (χ2n) is 7.39. The van der Waals surface area contributed by atoms with Crippen LogP contribution in [0.3, 0.4) is 0 Å². The van der Waals surface area contributed by atoms with Crippen molar-refractivity contribution in [2.45, 2.75) is 32.5 Å². The van der Waals surface area contributed by atoms with Gasteiger partial charge >= 0.3 is 0 Å². The molecule has 0 bridgehead atoms. The summed E-state index contributed by atoms with van der Waals surface area (Å²) in [6, 6.07) is 18.1. The van der Waals surface area contributed by atoms with Crippen LogP contribution in [0, 0.1) is 16.0 Å². The molecule has 0 radical (unpaired) electrons. The van der Waals surface area contributed by atoms with Crippen LogP contribution in [0.15, 0.2) is 54.6 Å². The summed E-state index contributed by atoms with van der Waals surface area (Å²) in [6.07, 6.45) is 1.15. The van der Waals surface area contributed by atoms with Gasteiger partial charge in [0.2, 0.25) is 0 Å². The zero-order chi connectivity index (χ0) is 18.5. The molecule has 3 rings (SSSR count). The van der Waals surface area contributed by atoms with E-state index in [1.807, 2.05) is 12.1 Å². The van der Waals surface area contributed by atoms with Crippen molar-refractivity contribution in [1.82, 2.24) is 9.80 Å². The van der Waals surface area contributed by atoms with Gasteiger partial charge in [-0.05, 0) is 37.1 Å². The zero-order valence-electron chi connectivity index (χ0n) is 15.5. The third-order valence-electron chi connectivity index (χ3n) is 5.34. The predicted octanol–water partition coefficient (Wildman–Crippen LogP) is 3.94. The van der Waals surface area contributed by atoms with Gasteiger partial charge in [-0.3, -0.25) is 19.9 Å². The largest absolute Gasteiger partial charge is 0.299 e. The third kappa shape index (κ3) is 4.68. The Morgan fingerprint density at radius 2 is 1.81 bits per heavy atom. The van der Waals surface area contributed by atoms with Gasteiger partial charge in [-0.2, -0.15) is 0 Å². The fraction of sp³-hybridized carbons (Fsp3) is 0.429. The molecule has 0 unspecified atom stereocenters. The van der Waals surface area contributed by atoms with Gasteiger partial charge in [0.25, 0.3) is 5.69 Å². The van der Waals surface area contributed by atoms with E-state index in [1.54, 1.807) is 12.1 Å². The highest BCUT2D eigenvalue weighted by atomic mass is 16.6. The molecular weight excluding hydrogens is 326 g/mol. The molecule has 5 heteroatoms. The quantitative estimate of drug-likeness (QED) is 0.583. The fourth-order valence-electron chi connectivity index (χ4n) is 3.99. The lowest BCUT2D eigenvalue weighted by atomic mass is 9.92. The first kappa shape index (κ1) is 18.5. The van der Waals surface area contributed by atoms with Crippen LogP contribution in [0.1, 0.15) is 24.5 Å². The van der Waals surface area contributed by atoms with E-state index in [9.17, 15) is 10.1 Å². The Kier molecular flexibility index (Phi) is 6.01. The van der Waals surface area contributed by atoms with Crippen LogP contribution in [0.25, 0.3) is 0 Å². The van der Waals surface area contributed by atoms with E-state index in [2.05, 4.69) is 54.1 Å². The van der Waals surface area contributed by atoms with Crippen molar-refractivity contribution in [1.29, 1.82) is 0 Å². The Hall–Kier alpha value is -2.24. The fourth-order valence-corrected chi connectivity index (χ4v) is 3.99. The van der Waals surface area contributed by atoms with Crippen molar-refractivity contribution in [3.63, 3.8) is 0 Å². The number of hydrogen-bond donors (Lipinski definition) is 0. The molecule has 2 atom stereocenters. The molecule has 0 amide bonds. The number of likely N-dealkylation sites (tertiary alicyclic amines) is 1. The maximum absolute atomic E-state index is 10.8. The first-order valence-electron chi connectivity index (χ1n) is 9.23. The van der Waals surface area contributed by atoms with Gasteiger partial charge in [-0.1, -0.05) is 49.4 Å². The summed E-state index contributed by atoms with van der Waals surface area (Å²) < 4.78 is 0. The van der Waals surface area contributed by atoms with Crippen molar-refractivity contribution in [2.75, 3.05) is 20.1 Å². The minimum atomic E-state index is -0.349. The summed E-state index contributed by atoms with van der Waals surface area (Å²) in [7, 11) is 2.16. The van der Waals surface area contributed by atoms with Gasteiger partial charge in [0.05, 0.1) is 4.92 Å². The molecule has 2 aromatic carbocycles. The summed E-state index contributed by atoms with van der Waals surface area (Å²) in [5.74, 6) is 0.593. The number of rotatable bonds is 6. The Morgan fingerprint density at radius 3 is 2.42 bits per heavy atom. The number of non-ortho nitro benzene ring substituents is 1. The van der Waals surface area contributed by atoms with Crippen molar-refractivity contribution >= 4 is 5.69 Å². The maximum atomic E-state index is 10.8. The SMILES string of the molecule is C[C@@H]1CN(Cc2ccccc2)CC[C@H]1N(C)Cc1ccc([N+](=O)[O-])cc1. The molecule has 5 nitrogen and oxygen atoms in total. The molecule has 0 N–H and O–H groups in total. The number of hydrogen-bond acceptors (Lipinski definition) is 4. The van der Waals surface area contributed by atoms with Gasteiger partial charge in [-0.25, -0.2) is 0 Å². The first-order chi connectivity index (χ1) is 12.5. The molecule has 1 saturated heterocycles. The van der Waals surface area contributed by atoms with E-state index in [4.69, 9.17) is 0 Å². The summed E-state index contributed by atoms with van der Waals surface area (Å²) in [5.41, 5.74) is 2.65. The van der Waals surface area contributed by atoms with Gasteiger partial charge in [0.1, 0.15) is 0 Å². The molecule has 0 aromatic heterocycles. The second kappa shape index (κ2) is 8.43. The molecule has 0 aliphatic carbocycles. The number of piperidine rings is 1. The van der Waals surface area contributed by atoms with Crippen molar-refractivity contribution in [2.24, 2.45) is 5.92 Å². The van der Waals surface area contributed by atoms with Gasteiger partial charge < -0.3 is 0 Å². The minimum Gasteiger partial charge on any atom is -0.299 e. The monoisotopic (exact) mass is 353 g/mol.